The van der Waals surface area contributed by atoms with Gasteiger partial charge in [0.25, 0.3) is 0 Å². The lowest BCUT2D eigenvalue weighted by molar-refractivity contribution is -0.145. The molecule has 2 saturated heterocycles. The van der Waals surface area contributed by atoms with Crippen LogP contribution in [0, 0.1) is 5.82 Å². The third kappa shape index (κ3) is 3.43. The van der Waals surface area contributed by atoms with Gasteiger partial charge < -0.3 is 9.80 Å². The van der Waals surface area contributed by atoms with Gasteiger partial charge in [0.15, 0.2) is 0 Å². The van der Waals surface area contributed by atoms with E-state index in [1.165, 1.54) is 12.1 Å². The lowest BCUT2D eigenvalue weighted by Crippen LogP contribution is -2.50. The third-order valence-corrected chi connectivity index (χ3v) is 6.00. The fourth-order valence-corrected chi connectivity index (χ4v) is 4.86. The number of rotatable bonds is 3. The number of hydrogen-bond acceptors (Lipinski definition) is 3. The van der Waals surface area contributed by atoms with Crippen LogP contribution < -0.4 is 0 Å². The van der Waals surface area contributed by atoms with Crippen LogP contribution in [0.4, 0.5) is 4.39 Å². The average molecular weight is 350 g/mol. The summed E-state index contributed by atoms with van der Waals surface area (Å²) >= 11 is 1.55. The van der Waals surface area contributed by atoms with Crippen molar-refractivity contribution in [3.8, 4) is 0 Å². The zero-order chi connectivity index (χ0) is 17.1. The van der Waals surface area contributed by atoms with Crippen molar-refractivity contribution in [2.45, 2.75) is 44.0 Å². The predicted molar refractivity (Wildman–Crippen MR) is 93.0 cm³/mol. The van der Waals surface area contributed by atoms with Gasteiger partial charge in [0.1, 0.15) is 17.2 Å². The molecule has 24 heavy (non-hydrogen) atoms. The minimum atomic E-state index is -0.436. The van der Waals surface area contributed by atoms with Crippen molar-refractivity contribution in [3.63, 3.8) is 0 Å². The number of amides is 2. The summed E-state index contributed by atoms with van der Waals surface area (Å²) in [5.41, 5.74) is 0.746. The molecule has 4 nitrogen and oxygen atoms in total. The molecule has 0 spiro atoms. The second kappa shape index (κ2) is 7.55. The maximum atomic E-state index is 13.6. The van der Waals surface area contributed by atoms with E-state index in [9.17, 15) is 14.0 Å². The van der Waals surface area contributed by atoms with Crippen LogP contribution in [0.3, 0.4) is 0 Å². The molecule has 2 heterocycles. The van der Waals surface area contributed by atoms with Crippen LogP contribution in [-0.2, 0) is 9.59 Å². The van der Waals surface area contributed by atoms with E-state index in [-0.39, 0.29) is 23.0 Å². The van der Waals surface area contributed by atoms with Crippen LogP contribution in [-0.4, -0.2) is 46.5 Å². The molecule has 2 aliphatic heterocycles. The molecule has 0 saturated carbocycles. The van der Waals surface area contributed by atoms with Crippen LogP contribution in [0.5, 0.6) is 0 Å². The van der Waals surface area contributed by atoms with Gasteiger partial charge in [-0.2, -0.15) is 0 Å². The number of benzene rings is 1. The third-order valence-electron chi connectivity index (χ3n) is 4.68. The highest BCUT2D eigenvalue weighted by atomic mass is 32.2. The van der Waals surface area contributed by atoms with E-state index in [0.717, 1.165) is 37.9 Å². The Labute approximate surface area is 146 Å². The molecule has 1 aromatic rings. The summed E-state index contributed by atoms with van der Waals surface area (Å²) in [7, 11) is 0. The van der Waals surface area contributed by atoms with Gasteiger partial charge in [-0.3, -0.25) is 9.59 Å². The summed E-state index contributed by atoms with van der Waals surface area (Å²) in [6.45, 7) is 3.36. The largest absolute Gasteiger partial charge is 0.341 e. The zero-order valence-corrected chi connectivity index (χ0v) is 14.7. The van der Waals surface area contributed by atoms with Crippen molar-refractivity contribution in [2.75, 3.05) is 18.8 Å². The minimum Gasteiger partial charge on any atom is -0.341 e. The molecule has 0 aliphatic carbocycles. The van der Waals surface area contributed by atoms with Crippen molar-refractivity contribution >= 4 is 23.6 Å². The highest BCUT2D eigenvalue weighted by Gasteiger charge is 2.43. The molecule has 0 radical (unpaired) electrons. The van der Waals surface area contributed by atoms with Crippen LogP contribution in [0.15, 0.2) is 24.3 Å². The van der Waals surface area contributed by atoms with Crippen LogP contribution >= 0.6 is 11.8 Å². The van der Waals surface area contributed by atoms with Crippen molar-refractivity contribution in [1.29, 1.82) is 0 Å². The molecule has 0 bridgehead atoms. The lowest BCUT2D eigenvalue weighted by Gasteiger charge is -2.34. The molecule has 130 valence electrons. The van der Waals surface area contributed by atoms with E-state index >= 15 is 0 Å². The van der Waals surface area contributed by atoms with Crippen molar-refractivity contribution in [3.05, 3.63) is 35.6 Å². The second-order valence-electron chi connectivity index (χ2n) is 6.30. The van der Waals surface area contributed by atoms with Gasteiger partial charge in [0.05, 0.1) is 0 Å². The van der Waals surface area contributed by atoms with Crippen molar-refractivity contribution < 1.29 is 14.0 Å². The molecule has 3 rings (SSSR count). The van der Waals surface area contributed by atoms with E-state index in [0.29, 0.717) is 12.2 Å². The van der Waals surface area contributed by atoms with E-state index in [1.54, 1.807) is 29.7 Å². The Balaban J connectivity index is 1.84. The fourth-order valence-electron chi connectivity index (χ4n) is 3.43. The highest BCUT2D eigenvalue weighted by Crippen LogP contribution is 2.42. The molecule has 2 fully saturated rings. The smallest absolute Gasteiger partial charge is 0.246 e. The molecule has 0 N–H and O–H groups in total. The number of piperidine rings is 1. The topological polar surface area (TPSA) is 40.6 Å². The first kappa shape index (κ1) is 17.3. The molecule has 0 aromatic heterocycles. The number of nitrogens with zero attached hydrogens (tertiary/aromatic N) is 2. The number of carbonyl (C=O) groups excluding carboxylic acids is 2. The van der Waals surface area contributed by atoms with Gasteiger partial charge in [0.2, 0.25) is 11.8 Å². The van der Waals surface area contributed by atoms with E-state index in [1.807, 2.05) is 11.0 Å². The zero-order valence-electron chi connectivity index (χ0n) is 13.9. The lowest BCUT2D eigenvalue weighted by atomic mass is 10.1. The molecule has 2 amide bonds. The van der Waals surface area contributed by atoms with E-state index in [2.05, 4.69) is 0 Å². The number of halogens is 1. The first-order valence-electron chi connectivity index (χ1n) is 8.59. The summed E-state index contributed by atoms with van der Waals surface area (Å²) in [5.74, 6) is 0.248. The van der Waals surface area contributed by atoms with Crippen LogP contribution in [0.2, 0.25) is 0 Å². The summed E-state index contributed by atoms with van der Waals surface area (Å²) < 4.78 is 13.6. The molecule has 2 aliphatic rings. The van der Waals surface area contributed by atoms with E-state index in [4.69, 9.17) is 0 Å². The van der Waals surface area contributed by atoms with Gasteiger partial charge in [0, 0.05) is 25.3 Å². The van der Waals surface area contributed by atoms with Crippen LogP contribution in [0.25, 0.3) is 0 Å². The van der Waals surface area contributed by atoms with Gasteiger partial charge in [-0.15, -0.1) is 11.8 Å². The molecule has 1 aromatic carbocycles. The Hall–Kier alpha value is -1.56. The summed E-state index contributed by atoms with van der Waals surface area (Å²) in [6.07, 6.45) is 3.56. The number of likely N-dealkylation sites (tertiary alicyclic amines) is 1. The van der Waals surface area contributed by atoms with Gasteiger partial charge in [-0.1, -0.05) is 19.1 Å². The van der Waals surface area contributed by atoms with Crippen LogP contribution in [0.1, 0.15) is 43.5 Å². The molecular formula is C18H23FN2O2S. The Kier molecular flexibility index (Phi) is 5.43. The summed E-state index contributed by atoms with van der Waals surface area (Å²) in [6, 6.07) is 5.89. The summed E-state index contributed by atoms with van der Waals surface area (Å²) in [5, 5.41) is -0.285. The minimum absolute atomic E-state index is 0.0444. The Morgan fingerprint density at radius 1 is 1.25 bits per heavy atom. The first-order chi connectivity index (χ1) is 11.6. The van der Waals surface area contributed by atoms with Gasteiger partial charge >= 0.3 is 0 Å². The highest BCUT2D eigenvalue weighted by molar-refractivity contribution is 7.99. The molecule has 6 heteroatoms. The maximum absolute atomic E-state index is 13.6. The number of thioether (sulfide) groups is 1. The van der Waals surface area contributed by atoms with Crippen molar-refractivity contribution in [2.24, 2.45) is 0 Å². The normalized spacial score (nSPS) is 24.2. The Morgan fingerprint density at radius 2 is 2.00 bits per heavy atom. The maximum Gasteiger partial charge on any atom is 0.246 e. The Bertz CT molecular complexity index is 619. The number of hydrogen-bond donors (Lipinski definition) is 0. The molecule has 2 unspecified atom stereocenters. The summed E-state index contributed by atoms with van der Waals surface area (Å²) in [4.78, 5) is 29.0. The van der Waals surface area contributed by atoms with E-state index < -0.39 is 6.04 Å². The standard InChI is InChI=1S/C18H23FN2O2S/c1-2-16(22)21-15(17(23)20-9-4-3-5-10-20)12-24-18(21)13-7-6-8-14(19)11-13/h6-8,11,15,18H,2-5,9-10,12H2,1H3. The van der Waals surface area contributed by atoms with Crippen molar-refractivity contribution in [1.82, 2.24) is 9.80 Å². The Morgan fingerprint density at radius 3 is 2.67 bits per heavy atom. The van der Waals surface area contributed by atoms with Gasteiger partial charge in [-0.25, -0.2) is 4.39 Å². The second-order valence-corrected chi connectivity index (χ2v) is 7.41. The first-order valence-corrected chi connectivity index (χ1v) is 9.63. The molecular weight excluding hydrogens is 327 g/mol. The predicted octanol–water partition coefficient (Wildman–Crippen LogP) is 3.19. The fraction of sp³-hybridized carbons (Fsp3) is 0.556. The SMILES string of the molecule is CCC(=O)N1C(C(=O)N2CCCCC2)CSC1c1cccc(F)c1. The average Bonchev–Trinajstić information content (AvgIpc) is 3.06. The quantitative estimate of drug-likeness (QED) is 0.841. The monoisotopic (exact) mass is 350 g/mol. The molecule has 2 atom stereocenters. The van der Waals surface area contributed by atoms with Gasteiger partial charge in [-0.05, 0) is 37.0 Å². The number of carbonyl (C=O) groups is 2.